The minimum Gasteiger partial charge on any atom is -0.356 e. The smallest absolute Gasteiger partial charge is 0.227 e. The fourth-order valence-corrected chi connectivity index (χ4v) is 2.15. The van der Waals surface area contributed by atoms with Crippen LogP contribution in [0.2, 0.25) is 0 Å². The van der Waals surface area contributed by atoms with Crippen molar-refractivity contribution in [3.8, 4) is 0 Å². The maximum Gasteiger partial charge on any atom is 0.227 e. The lowest BCUT2D eigenvalue weighted by Gasteiger charge is -2.19. The highest BCUT2D eigenvalue weighted by Gasteiger charge is 2.29. The first-order valence-corrected chi connectivity index (χ1v) is 5.82. The molecule has 2 heterocycles. The molecule has 5 nitrogen and oxygen atoms in total. The number of rotatable bonds is 2. The van der Waals surface area contributed by atoms with Crippen LogP contribution in [-0.4, -0.2) is 48.0 Å². The van der Waals surface area contributed by atoms with E-state index in [1.165, 1.54) is 0 Å². The van der Waals surface area contributed by atoms with Gasteiger partial charge in [0.15, 0.2) is 0 Å². The highest BCUT2D eigenvalue weighted by Crippen LogP contribution is 2.23. The van der Waals surface area contributed by atoms with Crippen molar-refractivity contribution in [2.75, 3.05) is 32.1 Å². The quantitative estimate of drug-likeness (QED) is 0.756. The van der Waals surface area contributed by atoms with Crippen LogP contribution in [0.1, 0.15) is 12.1 Å². The van der Waals surface area contributed by atoms with E-state index in [1.807, 2.05) is 13.0 Å². The normalized spacial score (nSPS) is 19.5. The highest BCUT2D eigenvalue weighted by atomic mass is 16.2. The first-order valence-electron chi connectivity index (χ1n) is 5.82. The summed E-state index contributed by atoms with van der Waals surface area (Å²) in [6.45, 7) is 3.60. The molecular weight excluding hydrogens is 216 g/mol. The summed E-state index contributed by atoms with van der Waals surface area (Å²) in [5.41, 5.74) is 0.956. The molecule has 1 atom stereocenters. The zero-order valence-corrected chi connectivity index (χ0v) is 10.6. The molecule has 1 amide bonds. The Kier molecular flexibility index (Phi) is 3.26. The molecule has 1 aliphatic rings. The molecule has 1 aromatic heterocycles. The molecule has 17 heavy (non-hydrogen) atoms. The molecule has 1 aromatic rings. The Morgan fingerprint density at radius 2 is 2.24 bits per heavy atom. The molecule has 0 aromatic carbocycles. The third-order valence-electron chi connectivity index (χ3n) is 3.09. The molecule has 0 aliphatic carbocycles. The molecule has 0 saturated carbocycles. The van der Waals surface area contributed by atoms with E-state index in [0.29, 0.717) is 0 Å². The second kappa shape index (κ2) is 4.69. The summed E-state index contributed by atoms with van der Waals surface area (Å²) >= 11 is 0. The number of carbonyl (C=O) groups is 1. The van der Waals surface area contributed by atoms with Crippen molar-refractivity contribution in [2.45, 2.75) is 13.3 Å². The monoisotopic (exact) mass is 234 g/mol. The minimum atomic E-state index is 0.0975. The van der Waals surface area contributed by atoms with E-state index in [9.17, 15) is 4.79 Å². The highest BCUT2D eigenvalue weighted by molar-refractivity contribution is 5.79. The van der Waals surface area contributed by atoms with E-state index >= 15 is 0 Å². The van der Waals surface area contributed by atoms with Crippen molar-refractivity contribution in [1.29, 1.82) is 0 Å². The molecule has 0 bridgehead atoms. The van der Waals surface area contributed by atoms with Crippen molar-refractivity contribution < 1.29 is 4.79 Å². The maximum atomic E-state index is 11.9. The number of anilines is 1. The summed E-state index contributed by atoms with van der Waals surface area (Å²) in [6.07, 6.45) is 2.48. The Hall–Kier alpha value is -1.65. The van der Waals surface area contributed by atoms with Gasteiger partial charge in [-0.1, -0.05) is 0 Å². The minimum absolute atomic E-state index is 0.0975. The molecule has 1 saturated heterocycles. The summed E-state index contributed by atoms with van der Waals surface area (Å²) in [6, 6.07) is 1.96. The standard InChI is InChI=1S/C12H18N4O/c1-9-6-11(14-8-13-9)16-5-4-10(7-16)12(17)15(2)3/h6,8,10H,4-5,7H2,1-3H3/t10-/m0/s1. The summed E-state index contributed by atoms with van der Waals surface area (Å²) in [5, 5.41) is 0. The van der Waals surface area contributed by atoms with Gasteiger partial charge in [-0.3, -0.25) is 4.79 Å². The number of hydrogen-bond acceptors (Lipinski definition) is 4. The van der Waals surface area contributed by atoms with Gasteiger partial charge in [0, 0.05) is 38.9 Å². The maximum absolute atomic E-state index is 11.9. The molecule has 0 N–H and O–H groups in total. The molecule has 1 fully saturated rings. The molecule has 5 heteroatoms. The molecule has 0 radical (unpaired) electrons. The largest absolute Gasteiger partial charge is 0.356 e. The summed E-state index contributed by atoms with van der Waals surface area (Å²) in [5.74, 6) is 1.23. The summed E-state index contributed by atoms with van der Waals surface area (Å²) < 4.78 is 0. The van der Waals surface area contributed by atoms with Crippen LogP contribution in [-0.2, 0) is 4.79 Å². The number of aryl methyl sites for hydroxylation is 1. The van der Waals surface area contributed by atoms with Gasteiger partial charge in [0.05, 0.1) is 5.92 Å². The average molecular weight is 234 g/mol. The van der Waals surface area contributed by atoms with Crippen molar-refractivity contribution in [2.24, 2.45) is 5.92 Å². The van der Waals surface area contributed by atoms with Gasteiger partial charge in [-0.15, -0.1) is 0 Å². The van der Waals surface area contributed by atoms with Crippen LogP contribution >= 0.6 is 0 Å². The van der Waals surface area contributed by atoms with Gasteiger partial charge in [-0.05, 0) is 13.3 Å². The fraction of sp³-hybridized carbons (Fsp3) is 0.583. The average Bonchev–Trinajstić information content (AvgIpc) is 2.77. The summed E-state index contributed by atoms with van der Waals surface area (Å²) in [7, 11) is 3.61. The predicted molar refractivity (Wildman–Crippen MR) is 65.8 cm³/mol. The lowest BCUT2D eigenvalue weighted by Crippen LogP contribution is -2.32. The first-order chi connectivity index (χ1) is 8.08. The van der Waals surface area contributed by atoms with Gasteiger partial charge in [0.2, 0.25) is 5.91 Å². The van der Waals surface area contributed by atoms with Gasteiger partial charge in [-0.25, -0.2) is 9.97 Å². The fourth-order valence-electron chi connectivity index (χ4n) is 2.15. The molecule has 2 rings (SSSR count). The number of amides is 1. The van der Waals surface area contributed by atoms with Crippen molar-refractivity contribution in [3.63, 3.8) is 0 Å². The molecule has 0 unspecified atom stereocenters. The van der Waals surface area contributed by atoms with E-state index in [4.69, 9.17) is 0 Å². The van der Waals surface area contributed by atoms with Crippen LogP contribution < -0.4 is 4.90 Å². The van der Waals surface area contributed by atoms with Gasteiger partial charge in [0.25, 0.3) is 0 Å². The van der Waals surface area contributed by atoms with E-state index < -0.39 is 0 Å². The Morgan fingerprint density at radius 1 is 1.47 bits per heavy atom. The lowest BCUT2D eigenvalue weighted by molar-refractivity contribution is -0.132. The van der Waals surface area contributed by atoms with Gasteiger partial charge < -0.3 is 9.80 Å². The Labute approximate surface area is 101 Å². The number of aromatic nitrogens is 2. The van der Waals surface area contributed by atoms with E-state index in [-0.39, 0.29) is 11.8 Å². The van der Waals surface area contributed by atoms with Gasteiger partial charge in [-0.2, -0.15) is 0 Å². The second-order valence-electron chi connectivity index (χ2n) is 4.68. The van der Waals surface area contributed by atoms with E-state index in [1.54, 1.807) is 25.3 Å². The zero-order valence-electron chi connectivity index (χ0n) is 10.6. The van der Waals surface area contributed by atoms with Crippen LogP contribution in [0, 0.1) is 12.8 Å². The number of hydrogen-bond donors (Lipinski definition) is 0. The van der Waals surface area contributed by atoms with Crippen molar-refractivity contribution in [3.05, 3.63) is 18.1 Å². The predicted octanol–water partition coefficient (Wildman–Crippen LogP) is 0.700. The molecule has 92 valence electrons. The number of nitrogens with zero attached hydrogens (tertiary/aromatic N) is 4. The Morgan fingerprint density at radius 3 is 2.88 bits per heavy atom. The molecular formula is C12H18N4O. The second-order valence-corrected chi connectivity index (χ2v) is 4.68. The topological polar surface area (TPSA) is 49.3 Å². The van der Waals surface area contributed by atoms with Crippen LogP contribution in [0.4, 0.5) is 5.82 Å². The van der Waals surface area contributed by atoms with E-state index in [2.05, 4.69) is 14.9 Å². The van der Waals surface area contributed by atoms with Crippen LogP contribution in [0.3, 0.4) is 0 Å². The Balaban J connectivity index is 2.05. The third-order valence-corrected chi connectivity index (χ3v) is 3.09. The van der Waals surface area contributed by atoms with Gasteiger partial charge in [0.1, 0.15) is 12.1 Å². The van der Waals surface area contributed by atoms with E-state index in [0.717, 1.165) is 31.0 Å². The van der Waals surface area contributed by atoms with Crippen LogP contribution in [0.15, 0.2) is 12.4 Å². The zero-order chi connectivity index (χ0) is 12.4. The molecule has 0 spiro atoms. The third kappa shape index (κ3) is 2.54. The Bertz CT molecular complexity index is 419. The van der Waals surface area contributed by atoms with Gasteiger partial charge >= 0.3 is 0 Å². The lowest BCUT2D eigenvalue weighted by atomic mass is 10.1. The SMILES string of the molecule is Cc1cc(N2CC[C@H](C(=O)N(C)C)C2)ncn1. The van der Waals surface area contributed by atoms with Crippen molar-refractivity contribution in [1.82, 2.24) is 14.9 Å². The van der Waals surface area contributed by atoms with Crippen LogP contribution in [0.5, 0.6) is 0 Å². The van der Waals surface area contributed by atoms with Crippen LogP contribution in [0.25, 0.3) is 0 Å². The summed E-state index contributed by atoms with van der Waals surface area (Å²) in [4.78, 5) is 24.0. The first kappa shape index (κ1) is 11.8. The number of carbonyl (C=O) groups excluding carboxylic acids is 1. The van der Waals surface area contributed by atoms with Crippen molar-refractivity contribution >= 4 is 11.7 Å². The molecule has 1 aliphatic heterocycles.